The average Bonchev–Trinajstić information content (AvgIpc) is 1.95. The van der Waals surface area contributed by atoms with Gasteiger partial charge in [0.15, 0.2) is 0 Å². The first kappa shape index (κ1) is 11.8. The maximum atomic E-state index is 11.5. The molecule has 0 unspecified atom stereocenters. The first-order valence-electron chi connectivity index (χ1n) is 4.49. The molecule has 4 nitrogen and oxygen atoms in total. The summed E-state index contributed by atoms with van der Waals surface area (Å²) in [5.41, 5.74) is -0.864. The number of carbonyl (C=O) groups excluding carboxylic acids is 1. The highest BCUT2D eigenvalue weighted by atomic mass is 35.7. The minimum absolute atomic E-state index is 0.267. The first-order valence-corrected chi connectivity index (χ1v) is 6.97. The maximum absolute atomic E-state index is 11.5. The molecule has 0 atom stereocenters. The molecule has 1 rings (SSSR count). The van der Waals surface area contributed by atoms with E-state index in [0.29, 0.717) is 12.8 Å². The molecule has 0 bridgehead atoms. The van der Waals surface area contributed by atoms with E-state index < -0.39 is 20.4 Å². The minimum Gasteiger partial charge on any atom is -0.466 e. The number of hydrogen-bond acceptors (Lipinski definition) is 4. The van der Waals surface area contributed by atoms with Crippen LogP contribution >= 0.6 is 10.7 Å². The van der Waals surface area contributed by atoms with E-state index in [0.717, 1.165) is 6.42 Å². The molecular weight excluding hydrogens is 228 g/mol. The molecule has 0 aromatic carbocycles. The van der Waals surface area contributed by atoms with Crippen molar-refractivity contribution in [1.29, 1.82) is 0 Å². The molecule has 0 spiro atoms. The minimum atomic E-state index is -3.63. The van der Waals surface area contributed by atoms with Crippen LogP contribution in [0.2, 0.25) is 0 Å². The molecule has 0 aliphatic heterocycles. The van der Waals surface area contributed by atoms with E-state index in [4.69, 9.17) is 15.4 Å². The van der Waals surface area contributed by atoms with Crippen molar-refractivity contribution in [2.45, 2.75) is 26.2 Å². The van der Waals surface area contributed by atoms with Crippen molar-refractivity contribution in [3.05, 3.63) is 0 Å². The molecule has 0 saturated heterocycles. The topological polar surface area (TPSA) is 60.4 Å². The fraction of sp³-hybridized carbons (Fsp3) is 0.875. The van der Waals surface area contributed by atoms with Gasteiger partial charge in [-0.2, -0.15) is 0 Å². The Morgan fingerprint density at radius 1 is 1.50 bits per heavy atom. The van der Waals surface area contributed by atoms with E-state index in [-0.39, 0.29) is 12.4 Å². The predicted molar refractivity (Wildman–Crippen MR) is 52.6 cm³/mol. The zero-order valence-electron chi connectivity index (χ0n) is 7.95. The van der Waals surface area contributed by atoms with Gasteiger partial charge in [-0.05, 0) is 19.8 Å². The lowest BCUT2D eigenvalue weighted by Gasteiger charge is -2.37. The van der Waals surface area contributed by atoms with Gasteiger partial charge in [0.05, 0.1) is 17.8 Å². The Bertz CT molecular complexity index is 318. The molecule has 0 aromatic heterocycles. The van der Waals surface area contributed by atoms with E-state index in [1.165, 1.54) is 0 Å². The molecule has 1 saturated carbocycles. The molecule has 82 valence electrons. The zero-order chi connectivity index (χ0) is 10.8. The van der Waals surface area contributed by atoms with Crippen LogP contribution in [0.1, 0.15) is 26.2 Å². The Hall–Kier alpha value is -0.290. The standard InChI is InChI=1S/C8H13ClO4S/c1-2-13-7(10)8(4-3-5-8)6-14(9,11)12/h2-6H2,1H3. The quantitative estimate of drug-likeness (QED) is 0.549. The average molecular weight is 241 g/mol. The van der Waals surface area contributed by atoms with E-state index >= 15 is 0 Å². The van der Waals surface area contributed by atoms with Crippen LogP contribution < -0.4 is 0 Å². The predicted octanol–water partition coefficient (Wildman–Crippen LogP) is 1.29. The van der Waals surface area contributed by atoms with Crippen molar-refractivity contribution in [3.63, 3.8) is 0 Å². The van der Waals surface area contributed by atoms with Crippen LogP contribution in [0.5, 0.6) is 0 Å². The van der Waals surface area contributed by atoms with Crippen LogP contribution in [0.4, 0.5) is 0 Å². The molecule has 0 heterocycles. The van der Waals surface area contributed by atoms with Gasteiger partial charge in [0.2, 0.25) is 9.05 Å². The van der Waals surface area contributed by atoms with Gasteiger partial charge in [0.25, 0.3) is 0 Å². The molecule has 1 fully saturated rings. The van der Waals surface area contributed by atoms with Crippen LogP contribution in [0.25, 0.3) is 0 Å². The Kier molecular flexibility index (Phi) is 3.42. The van der Waals surface area contributed by atoms with E-state index in [9.17, 15) is 13.2 Å². The van der Waals surface area contributed by atoms with Crippen molar-refractivity contribution in [1.82, 2.24) is 0 Å². The monoisotopic (exact) mass is 240 g/mol. The lowest BCUT2D eigenvalue weighted by molar-refractivity contribution is -0.159. The Morgan fingerprint density at radius 3 is 2.36 bits per heavy atom. The molecule has 0 N–H and O–H groups in total. The third kappa shape index (κ3) is 2.60. The molecule has 0 radical (unpaired) electrons. The highest BCUT2D eigenvalue weighted by Crippen LogP contribution is 2.43. The molecule has 0 amide bonds. The third-order valence-corrected chi connectivity index (χ3v) is 3.69. The van der Waals surface area contributed by atoms with Crippen molar-refractivity contribution < 1.29 is 17.9 Å². The number of rotatable bonds is 4. The van der Waals surface area contributed by atoms with Gasteiger partial charge in [-0.25, -0.2) is 8.42 Å². The highest BCUT2D eigenvalue weighted by molar-refractivity contribution is 8.13. The van der Waals surface area contributed by atoms with E-state index in [2.05, 4.69) is 0 Å². The summed E-state index contributed by atoms with van der Waals surface area (Å²) in [7, 11) is 1.50. The molecule has 6 heteroatoms. The van der Waals surface area contributed by atoms with Gasteiger partial charge in [-0.1, -0.05) is 6.42 Å². The fourth-order valence-electron chi connectivity index (χ4n) is 1.63. The summed E-state index contributed by atoms with van der Waals surface area (Å²) in [5.74, 6) is -0.740. The second-order valence-corrected chi connectivity index (χ2v) is 6.31. The van der Waals surface area contributed by atoms with Crippen LogP contribution in [-0.4, -0.2) is 26.7 Å². The maximum Gasteiger partial charge on any atom is 0.313 e. The molecule has 14 heavy (non-hydrogen) atoms. The van der Waals surface area contributed by atoms with Crippen molar-refractivity contribution >= 4 is 25.7 Å². The van der Waals surface area contributed by atoms with Gasteiger partial charge < -0.3 is 4.74 Å². The zero-order valence-corrected chi connectivity index (χ0v) is 9.53. The normalized spacial score (nSPS) is 19.9. The lowest BCUT2D eigenvalue weighted by atomic mass is 9.70. The van der Waals surface area contributed by atoms with Crippen molar-refractivity contribution in [3.8, 4) is 0 Å². The van der Waals surface area contributed by atoms with Crippen LogP contribution in [-0.2, 0) is 18.6 Å². The second-order valence-electron chi connectivity index (χ2n) is 3.54. The second kappa shape index (κ2) is 4.06. The van der Waals surface area contributed by atoms with Gasteiger partial charge >= 0.3 is 5.97 Å². The Labute approximate surface area is 88.0 Å². The fourth-order valence-corrected chi connectivity index (χ4v) is 3.32. The summed E-state index contributed by atoms with van der Waals surface area (Å²) in [6, 6.07) is 0. The van der Waals surface area contributed by atoms with Gasteiger partial charge in [0, 0.05) is 10.7 Å². The molecule has 1 aliphatic carbocycles. The smallest absolute Gasteiger partial charge is 0.313 e. The van der Waals surface area contributed by atoms with Crippen LogP contribution in [0, 0.1) is 5.41 Å². The van der Waals surface area contributed by atoms with Gasteiger partial charge in [-0.15, -0.1) is 0 Å². The number of carbonyl (C=O) groups is 1. The third-order valence-electron chi connectivity index (χ3n) is 2.47. The number of hydrogen-bond donors (Lipinski definition) is 0. The van der Waals surface area contributed by atoms with Crippen LogP contribution in [0.15, 0.2) is 0 Å². The number of halogens is 1. The summed E-state index contributed by atoms with van der Waals surface area (Å²) >= 11 is 0. The van der Waals surface area contributed by atoms with E-state index in [1.54, 1.807) is 6.92 Å². The Morgan fingerprint density at radius 2 is 2.07 bits per heavy atom. The van der Waals surface area contributed by atoms with Gasteiger partial charge in [0.1, 0.15) is 0 Å². The summed E-state index contributed by atoms with van der Waals surface area (Å²) in [5, 5.41) is 0. The molecular formula is C8H13ClO4S. The lowest BCUT2D eigenvalue weighted by Crippen LogP contribution is -2.44. The van der Waals surface area contributed by atoms with Crippen molar-refractivity contribution in [2.75, 3.05) is 12.4 Å². The van der Waals surface area contributed by atoms with Gasteiger partial charge in [-0.3, -0.25) is 4.79 Å². The first-order chi connectivity index (χ1) is 6.40. The summed E-state index contributed by atoms with van der Waals surface area (Å²) < 4.78 is 26.6. The highest BCUT2D eigenvalue weighted by Gasteiger charge is 2.48. The summed E-state index contributed by atoms with van der Waals surface area (Å²) in [4.78, 5) is 11.5. The SMILES string of the molecule is CCOC(=O)C1(CS(=O)(=O)Cl)CCC1. The van der Waals surface area contributed by atoms with Crippen LogP contribution in [0.3, 0.4) is 0 Å². The summed E-state index contributed by atoms with van der Waals surface area (Å²) in [6.45, 7) is 1.96. The largest absolute Gasteiger partial charge is 0.466 e. The molecule has 0 aromatic rings. The number of ether oxygens (including phenoxy) is 1. The molecule has 1 aliphatic rings. The summed E-state index contributed by atoms with van der Waals surface area (Å²) in [6.07, 6.45) is 1.96. The van der Waals surface area contributed by atoms with Crippen molar-refractivity contribution in [2.24, 2.45) is 5.41 Å². The Balaban J connectivity index is 2.72. The van der Waals surface area contributed by atoms with E-state index in [1.807, 2.05) is 0 Å². The number of esters is 1.